The highest BCUT2D eigenvalue weighted by atomic mass is 16.5. The molecule has 3 aromatic rings. The molecule has 0 unspecified atom stereocenters. The van der Waals surface area contributed by atoms with E-state index in [4.69, 9.17) is 9.63 Å². The number of nitrogens with zero attached hydrogens (tertiary/aromatic N) is 6. The lowest BCUT2D eigenvalue weighted by Crippen LogP contribution is -2.46. The van der Waals surface area contributed by atoms with Crippen LogP contribution in [0.25, 0.3) is 10.9 Å². The maximum Gasteiger partial charge on any atom is 0.261 e. The van der Waals surface area contributed by atoms with Crippen LogP contribution in [0.1, 0.15) is 5.89 Å². The van der Waals surface area contributed by atoms with Crippen LogP contribution < -0.4 is 10.5 Å². The Labute approximate surface area is 149 Å². The monoisotopic (exact) mass is 356 g/mol. The van der Waals surface area contributed by atoms with Crippen molar-refractivity contribution < 1.29 is 9.63 Å². The van der Waals surface area contributed by atoms with Crippen LogP contribution in [0.15, 0.2) is 40.2 Å². The van der Waals surface area contributed by atoms with Crippen molar-refractivity contribution in [2.75, 3.05) is 37.7 Å². The van der Waals surface area contributed by atoms with Crippen molar-refractivity contribution in [3.8, 4) is 0 Å². The number of aromatic nitrogens is 4. The number of anilines is 1. The van der Waals surface area contributed by atoms with Crippen LogP contribution in [-0.2, 0) is 13.1 Å². The quantitative estimate of drug-likeness (QED) is 0.687. The molecule has 1 aliphatic heterocycles. The van der Waals surface area contributed by atoms with E-state index in [1.165, 1.54) is 17.2 Å². The van der Waals surface area contributed by atoms with Crippen LogP contribution in [0.5, 0.6) is 0 Å². The van der Waals surface area contributed by atoms with Crippen molar-refractivity contribution in [3.63, 3.8) is 0 Å². The van der Waals surface area contributed by atoms with Gasteiger partial charge >= 0.3 is 0 Å². The first-order valence-corrected chi connectivity index (χ1v) is 8.57. The van der Waals surface area contributed by atoms with Gasteiger partial charge in [0.15, 0.2) is 6.33 Å². The molecule has 0 amide bonds. The van der Waals surface area contributed by atoms with Gasteiger partial charge in [-0.2, -0.15) is 4.98 Å². The minimum absolute atomic E-state index is 0.0843. The average Bonchev–Trinajstić information content (AvgIpc) is 3.18. The molecule has 136 valence electrons. The van der Waals surface area contributed by atoms with Gasteiger partial charge < -0.3 is 14.5 Å². The maximum atomic E-state index is 12.4. The van der Waals surface area contributed by atoms with Gasteiger partial charge in [-0.3, -0.25) is 14.3 Å². The van der Waals surface area contributed by atoms with Crippen molar-refractivity contribution in [2.45, 2.75) is 13.1 Å². The van der Waals surface area contributed by atoms with E-state index in [9.17, 15) is 4.79 Å². The van der Waals surface area contributed by atoms with Gasteiger partial charge in [-0.25, -0.2) is 4.98 Å². The molecule has 1 N–H and O–H groups in total. The number of rotatable bonds is 5. The number of hydrogen-bond donors (Lipinski definition) is 1. The fraction of sp³-hybridized carbons (Fsp3) is 0.412. The Kier molecular flexibility index (Phi) is 4.63. The Balaban J connectivity index is 1.47. The average molecular weight is 356 g/mol. The minimum Gasteiger partial charge on any atom is -0.395 e. The largest absolute Gasteiger partial charge is 0.395 e. The highest BCUT2D eigenvalue weighted by Crippen LogP contribution is 2.20. The first-order chi connectivity index (χ1) is 12.7. The molecule has 0 spiro atoms. The first-order valence-electron chi connectivity index (χ1n) is 8.57. The third kappa shape index (κ3) is 3.31. The van der Waals surface area contributed by atoms with Crippen molar-refractivity contribution in [1.82, 2.24) is 24.6 Å². The standard InChI is InChI=1S/C17H20N6O3/c24-8-7-23-12-19-15-9-13(1-2-14(15)17(23)25)22-5-3-21(4-6-22)10-16-18-11-20-26-16/h1-2,9,11-12,24H,3-8,10H2. The van der Waals surface area contributed by atoms with Gasteiger partial charge in [-0.1, -0.05) is 5.16 Å². The molecule has 4 rings (SSSR count). The van der Waals surface area contributed by atoms with Crippen LogP contribution in [0.4, 0.5) is 5.69 Å². The number of benzene rings is 1. The van der Waals surface area contributed by atoms with Crippen molar-refractivity contribution in [2.24, 2.45) is 0 Å². The second kappa shape index (κ2) is 7.22. The highest BCUT2D eigenvalue weighted by molar-refractivity contribution is 5.81. The zero-order valence-electron chi connectivity index (χ0n) is 14.3. The lowest BCUT2D eigenvalue weighted by atomic mass is 10.2. The zero-order chi connectivity index (χ0) is 17.9. The van der Waals surface area contributed by atoms with E-state index < -0.39 is 0 Å². The predicted molar refractivity (Wildman–Crippen MR) is 94.9 cm³/mol. The molecule has 1 aromatic carbocycles. The molecule has 26 heavy (non-hydrogen) atoms. The third-order valence-electron chi connectivity index (χ3n) is 4.65. The summed E-state index contributed by atoms with van der Waals surface area (Å²) in [5.74, 6) is 0.632. The van der Waals surface area contributed by atoms with E-state index in [0.29, 0.717) is 23.3 Å². The van der Waals surface area contributed by atoms with Crippen molar-refractivity contribution in [3.05, 3.63) is 47.1 Å². The predicted octanol–water partition coefficient (Wildman–Crippen LogP) is 0.0940. The molecular formula is C17H20N6O3. The molecule has 0 atom stereocenters. The molecule has 0 saturated carbocycles. The van der Waals surface area contributed by atoms with Crippen LogP contribution >= 0.6 is 0 Å². The van der Waals surface area contributed by atoms with E-state index in [1.807, 2.05) is 18.2 Å². The van der Waals surface area contributed by atoms with E-state index in [-0.39, 0.29) is 18.7 Å². The number of aliphatic hydroxyl groups is 1. The molecule has 1 aliphatic rings. The smallest absolute Gasteiger partial charge is 0.261 e. The summed E-state index contributed by atoms with van der Waals surface area (Å²) in [5.41, 5.74) is 1.61. The minimum atomic E-state index is -0.125. The molecule has 1 fully saturated rings. The van der Waals surface area contributed by atoms with Gasteiger partial charge in [0.05, 0.1) is 36.9 Å². The van der Waals surface area contributed by atoms with Gasteiger partial charge in [0.25, 0.3) is 5.56 Å². The van der Waals surface area contributed by atoms with Crippen LogP contribution in [-0.4, -0.2) is 62.5 Å². The molecule has 9 heteroatoms. The molecule has 1 saturated heterocycles. The summed E-state index contributed by atoms with van der Waals surface area (Å²) in [6.07, 6.45) is 2.91. The number of fused-ring (bicyclic) bond motifs is 1. The fourth-order valence-electron chi connectivity index (χ4n) is 3.23. The van der Waals surface area contributed by atoms with E-state index in [2.05, 4.69) is 24.9 Å². The lowest BCUT2D eigenvalue weighted by molar-refractivity contribution is 0.215. The lowest BCUT2D eigenvalue weighted by Gasteiger charge is -2.35. The second-order valence-electron chi connectivity index (χ2n) is 6.27. The van der Waals surface area contributed by atoms with Gasteiger partial charge in [-0.05, 0) is 18.2 Å². The molecule has 0 radical (unpaired) electrons. The fourth-order valence-corrected chi connectivity index (χ4v) is 3.23. The number of hydrogen-bond acceptors (Lipinski definition) is 8. The summed E-state index contributed by atoms with van der Waals surface area (Å²) in [6, 6.07) is 5.73. The summed E-state index contributed by atoms with van der Waals surface area (Å²) in [6.45, 7) is 4.38. The van der Waals surface area contributed by atoms with Crippen LogP contribution in [0.2, 0.25) is 0 Å². The van der Waals surface area contributed by atoms with Gasteiger partial charge in [-0.15, -0.1) is 0 Å². The molecular weight excluding hydrogens is 336 g/mol. The summed E-state index contributed by atoms with van der Waals surface area (Å²) in [7, 11) is 0. The SMILES string of the molecule is O=c1c2ccc(N3CCN(Cc4ncno4)CC3)cc2ncn1CCO. The second-order valence-corrected chi connectivity index (χ2v) is 6.27. The number of aliphatic hydroxyl groups excluding tert-OH is 1. The normalized spacial score (nSPS) is 15.7. The molecule has 2 aromatic heterocycles. The number of piperazine rings is 1. The van der Waals surface area contributed by atoms with Gasteiger partial charge in [0, 0.05) is 31.9 Å². The van der Waals surface area contributed by atoms with E-state index in [0.717, 1.165) is 31.9 Å². The van der Waals surface area contributed by atoms with Gasteiger partial charge in [0.2, 0.25) is 5.89 Å². The topological polar surface area (TPSA) is 101 Å². The van der Waals surface area contributed by atoms with E-state index >= 15 is 0 Å². The zero-order valence-corrected chi connectivity index (χ0v) is 14.3. The Bertz CT molecular complexity index is 931. The maximum absolute atomic E-state index is 12.4. The van der Waals surface area contributed by atoms with Crippen molar-refractivity contribution in [1.29, 1.82) is 0 Å². The van der Waals surface area contributed by atoms with E-state index in [1.54, 1.807) is 0 Å². The highest BCUT2D eigenvalue weighted by Gasteiger charge is 2.19. The summed E-state index contributed by atoms with van der Waals surface area (Å²) in [4.78, 5) is 25.4. The van der Waals surface area contributed by atoms with Gasteiger partial charge in [0.1, 0.15) is 0 Å². The summed E-state index contributed by atoms with van der Waals surface area (Å²) in [5, 5.41) is 13.2. The Morgan fingerprint density at radius 2 is 2.00 bits per heavy atom. The molecule has 3 heterocycles. The van der Waals surface area contributed by atoms with Crippen molar-refractivity contribution >= 4 is 16.6 Å². The first kappa shape index (κ1) is 16.7. The molecule has 0 aliphatic carbocycles. The summed E-state index contributed by atoms with van der Waals surface area (Å²) < 4.78 is 6.49. The summed E-state index contributed by atoms with van der Waals surface area (Å²) >= 11 is 0. The Morgan fingerprint density at radius 3 is 2.73 bits per heavy atom. The van der Waals surface area contributed by atoms with Crippen LogP contribution in [0.3, 0.4) is 0 Å². The Hall–Kier alpha value is -2.78. The van der Waals surface area contributed by atoms with Crippen LogP contribution in [0, 0.1) is 0 Å². The third-order valence-corrected chi connectivity index (χ3v) is 4.65. The molecule has 9 nitrogen and oxygen atoms in total. The Morgan fingerprint density at radius 1 is 1.15 bits per heavy atom. The molecule has 0 bridgehead atoms.